The van der Waals surface area contributed by atoms with Crippen LogP contribution in [-0.2, 0) is 11.3 Å². The summed E-state index contributed by atoms with van der Waals surface area (Å²) in [6.45, 7) is 0.545. The lowest BCUT2D eigenvalue weighted by molar-refractivity contribution is -0.123. The molecule has 0 aliphatic heterocycles. The van der Waals surface area contributed by atoms with E-state index in [9.17, 15) is 9.59 Å². The maximum atomic E-state index is 12.0. The molecule has 12 heteroatoms. The van der Waals surface area contributed by atoms with Gasteiger partial charge in [-0.2, -0.15) is 10.1 Å². The van der Waals surface area contributed by atoms with Crippen LogP contribution in [-0.4, -0.2) is 51.4 Å². The first kappa shape index (κ1) is 21.0. The summed E-state index contributed by atoms with van der Waals surface area (Å²) in [7, 11) is 0. The standard InChI is InChI=1S/C17H16ClIN6O4/c18-11-2-1-3-13(6-11)28-10-15(26)20-4-5-21-16(27)17-23-14(24-29-17)9-25-8-12(19)7-22-25/h1-3,6-8H,4-5,9-10H2,(H,20,26)(H,21,27). The predicted octanol–water partition coefficient (Wildman–Crippen LogP) is 1.50. The van der Waals surface area contributed by atoms with Gasteiger partial charge in [-0.15, -0.1) is 0 Å². The van der Waals surface area contributed by atoms with Crippen LogP contribution < -0.4 is 15.4 Å². The maximum Gasteiger partial charge on any atom is 0.316 e. The fourth-order valence-corrected chi connectivity index (χ4v) is 2.82. The van der Waals surface area contributed by atoms with E-state index in [1.165, 1.54) is 0 Å². The molecule has 152 valence electrons. The maximum absolute atomic E-state index is 12.0. The zero-order chi connectivity index (χ0) is 20.6. The molecule has 0 atom stereocenters. The average Bonchev–Trinajstić information content (AvgIpc) is 3.33. The Balaban J connectivity index is 1.35. The quantitative estimate of drug-likeness (QED) is 0.317. The molecule has 0 saturated heterocycles. The summed E-state index contributed by atoms with van der Waals surface area (Å²) in [5.41, 5.74) is 0. The first-order valence-electron chi connectivity index (χ1n) is 8.43. The van der Waals surface area contributed by atoms with Crippen molar-refractivity contribution in [3.8, 4) is 5.75 Å². The van der Waals surface area contributed by atoms with Gasteiger partial charge in [0.15, 0.2) is 12.4 Å². The number of carbonyl (C=O) groups excluding carboxylic acids is 2. The molecule has 2 N–H and O–H groups in total. The minimum Gasteiger partial charge on any atom is -0.484 e. The number of hydrogen-bond donors (Lipinski definition) is 2. The number of ether oxygens (including phenoxy) is 1. The number of amides is 2. The zero-order valence-corrected chi connectivity index (χ0v) is 17.9. The minimum absolute atomic E-state index is 0.155. The molecule has 0 aliphatic carbocycles. The van der Waals surface area contributed by atoms with Gasteiger partial charge in [0, 0.05) is 24.3 Å². The molecular weight excluding hydrogens is 515 g/mol. The van der Waals surface area contributed by atoms with Crippen LogP contribution in [0.2, 0.25) is 5.02 Å². The lowest BCUT2D eigenvalue weighted by atomic mass is 10.3. The highest BCUT2D eigenvalue weighted by molar-refractivity contribution is 14.1. The lowest BCUT2D eigenvalue weighted by Crippen LogP contribution is -2.36. The van der Waals surface area contributed by atoms with Gasteiger partial charge in [-0.25, -0.2) is 0 Å². The number of nitrogens with one attached hydrogen (secondary N) is 2. The van der Waals surface area contributed by atoms with Gasteiger partial charge in [0.2, 0.25) is 0 Å². The van der Waals surface area contributed by atoms with Crippen LogP contribution in [0.4, 0.5) is 0 Å². The topological polar surface area (TPSA) is 124 Å². The average molecular weight is 531 g/mol. The van der Waals surface area contributed by atoms with E-state index >= 15 is 0 Å². The Kier molecular flexibility index (Phi) is 7.41. The summed E-state index contributed by atoms with van der Waals surface area (Å²) < 4.78 is 12.9. The molecule has 0 saturated carbocycles. The van der Waals surface area contributed by atoms with Gasteiger partial charge in [0.05, 0.1) is 9.77 Å². The molecule has 0 radical (unpaired) electrons. The fourth-order valence-electron chi connectivity index (χ4n) is 2.19. The van der Waals surface area contributed by atoms with E-state index < -0.39 is 5.91 Å². The van der Waals surface area contributed by atoms with E-state index in [2.05, 4.69) is 48.5 Å². The summed E-state index contributed by atoms with van der Waals surface area (Å²) in [5.74, 6) is -0.173. The summed E-state index contributed by atoms with van der Waals surface area (Å²) in [6, 6.07) is 6.75. The largest absolute Gasteiger partial charge is 0.484 e. The van der Waals surface area contributed by atoms with Gasteiger partial charge < -0.3 is 19.9 Å². The van der Waals surface area contributed by atoms with E-state index in [0.29, 0.717) is 23.1 Å². The Hall–Kier alpha value is -2.67. The SMILES string of the molecule is O=C(COc1cccc(Cl)c1)NCCNC(=O)c1nc(Cn2cc(I)cn2)no1. The molecule has 1 aromatic carbocycles. The van der Waals surface area contributed by atoms with Gasteiger partial charge in [0.25, 0.3) is 5.91 Å². The number of carbonyl (C=O) groups is 2. The van der Waals surface area contributed by atoms with Crippen molar-refractivity contribution in [2.24, 2.45) is 0 Å². The molecule has 29 heavy (non-hydrogen) atoms. The highest BCUT2D eigenvalue weighted by atomic mass is 127. The van der Waals surface area contributed by atoms with Crippen LogP contribution in [0, 0.1) is 3.57 Å². The van der Waals surface area contributed by atoms with Crippen molar-refractivity contribution in [3.63, 3.8) is 0 Å². The van der Waals surface area contributed by atoms with Crippen LogP contribution in [0.5, 0.6) is 5.75 Å². The lowest BCUT2D eigenvalue weighted by Gasteiger charge is -2.08. The molecule has 0 aliphatic rings. The third kappa shape index (κ3) is 6.71. The van der Waals surface area contributed by atoms with Crippen molar-refractivity contribution in [2.45, 2.75) is 6.54 Å². The second-order valence-corrected chi connectivity index (χ2v) is 7.41. The molecule has 0 bridgehead atoms. The summed E-state index contributed by atoms with van der Waals surface area (Å²) in [6.07, 6.45) is 3.51. The summed E-state index contributed by atoms with van der Waals surface area (Å²) >= 11 is 7.98. The third-order valence-corrected chi connectivity index (χ3v) is 4.26. The molecule has 2 aromatic heterocycles. The Labute approximate surface area is 184 Å². The Bertz CT molecular complexity index is 992. The highest BCUT2D eigenvalue weighted by Crippen LogP contribution is 2.16. The normalized spacial score (nSPS) is 10.6. The summed E-state index contributed by atoms with van der Waals surface area (Å²) in [5, 5.41) is 13.6. The molecule has 0 unspecified atom stereocenters. The molecule has 0 spiro atoms. The number of benzene rings is 1. The Morgan fingerprint density at radius 1 is 1.28 bits per heavy atom. The number of nitrogens with zero attached hydrogens (tertiary/aromatic N) is 4. The van der Waals surface area contributed by atoms with Crippen LogP contribution in [0.25, 0.3) is 0 Å². The first-order valence-corrected chi connectivity index (χ1v) is 9.89. The van der Waals surface area contributed by atoms with Crippen molar-refractivity contribution < 1.29 is 18.8 Å². The highest BCUT2D eigenvalue weighted by Gasteiger charge is 2.15. The molecule has 3 rings (SSSR count). The van der Waals surface area contributed by atoms with Gasteiger partial charge in [-0.1, -0.05) is 22.8 Å². The van der Waals surface area contributed by atoms with Gasteiger partial charge in [-0.3, -0.25) is 14.3 Å². The number of halogens is 2. The Morgan fingerprint density at radius 3 is 2.86 bits per heavy atom. The third-order valence-electron chi connectivity index (χ3n) is 3.47. The first-order chi connectivity index (χ1) is 14.0. The Morgan fingerprint density at radius 2 is 2.10 bits per heavy atom. The number of rotatable bonds is 9. The monoisotopic (exact) mass is 530 g/mol. The molecule has 0 fully saturated rings. The zero-order valence-electron chi connectivity index (χ0n) is 15.0. The molecule has 10 nitrogen and oxygen atoms in total. The fraction of sp³-hybridized carbons (Fsp3) is 0.235. The van der Waals surface area contributed by atoms with Crippen molar-refractivity contribution in [2.75, 3.05) is 19.7 Å². The smallest absolute Gasteiger partial charge is 0.316 e. The van der Waals surface area contributed by atoms with Gasteiger partial charge in [0.1, 0.15) is 12.3 Å². The van der Waals surface area contributed by atoms with E-state index in [4.69, 9.17) is 20.9 Å². The summed E-state index contributed by atoms with van der Waals surface area (Å²) in [4.78, 5) is 27.8. The van der Waals surface area contributed by atoms with E-state index in [1.807, 2.05) is 6.20 Å². The van der Waals surface area contributed by atoms with Crippen LogP contribution in [0.3, 0.4) is 0 Å². The van der Waals surface area contributed by atoms with Gasteiger partial charge in [-0.05, 0) is 40.8 Å². The van der Waals surface area contributed by atoms with Crippen molar-refractivity contribution >= 4 is 46.0 Å². The van der Waals surface area contributed by atoms with Crippen molar-refractivity contribution in [1.82, 2.24) is 30.6 Å². The number of hydrogen-bond acceptors (Lipinski definition) is 7. The van der Waals surface area contributed by atoms with Gasteiger partial charge >= 0.3 is 11.8 Å². The van der Waals surface area contributed by atoms with Crippen LogP contribution in [0.1, 0.15) is 16.5 Å². The van der Waals surface area contributed by atoms with Crippen molar-refractivity contribution in [3.05, 3.63) is 57.0 Å². The second kappa shape index (κ2) is 10.2. The molecular formula is C17H16ClIN6O4. The minimum atomic E-state index is -0.525. The van der Waals surface area contributed by atoms with Crippen molar-refractivity contribution in [1.29, 1.82) is 0 Å². The molecule has 3 aromatic rings. The van der Waals surface area contributed by atoms with Crippen LogP contribution >= 0.6 is 34.2 Å². The van der Waals surface area contributed by atoms with E-state index in [0.717, 1.165) is 3.57 Å². The number of aromatic nitrogens is 4. The molecule has 2 heterocycles. The van der Waals surface area contributed by atoms with Crippen LogP contribution in [0.15, 0.2) is 41.2 Å². The predicted molar refractivity (Wildman–Crippen MR) is 111 cm³/mol. The molecule has 2 amide bonds. The van der Waals surface area contributed by atoms with E-state index in [1.54, 1.807) is 35.1 Å². The second-order valence-electron chi connectivity index (χ2n) is 5.72. The van der Waals surface area contributed by atoms with E-state index in [-0.39, 0.29) is 31.5 Å².